The minimum atomic E-state index is -0.898. The average molecular weight is 698 g/mol. The standard InChI is InChI=1S/C40H39F4N5O2/c41-31-5-1-4-30(24-31)40(17-22-48(23-18-40)38(50)37-35(43)8-3-9-36(37)44)16-21-47-19-14-33(15-20-47)49(34-7-2-6-32(42)25-34)39(51)46-27-29-12-10-28(26-45)11-13-29/h1-13,24-25,33H,14-23,27H2,(H,46,51). The van der Waals surface area contributed by atoms with Crippen molar-refractivity contribution in [3.05, 3.63) is 137 Å². The van der Waals surface area contributed by atoms with E-state index in [1.54, 1.807) is 47.4 Å². The Bertz CT molecular complexity index is 1880. The third-order valence-electron chi connectivity index (χ3n) is 10.3. The lowest BCUT2D eigenvalue weighted by Crippen LogP contribution is -2.52. The Hall–Kier alpha value is -5.21. The number of hydrogen-bond donors (Lipinski definition) is 1. The largest absolute Gasteiger partial charge is 0.338 e. The highest BCUT2D eigenvalue weighted by Crippen LogP contribution is 2.40. The van der Waals surface area contributed by atoms with E-state index in [0.717, 1.165) is 23.3 Å². The summed E-state index contributed by atoms with van der Waals surface area (Å²) < 4.78 is 57.7. The first kappa shape index (κ1) is 35.6. The molecule has 0 spiro atoms. The summed E-state index contributed by atoms with van der Waals surface area (Å²) in [6.45, 7) is 2.82. The van der Waals surface area contributed by atoms with Crippen LogP contribution in [0.2, 0.25) is 0 Å². The van der Waals surface area contributed by atoms with Gasteiger partial charge in [-0.25, -0.2) is 22.4 Å². The molecule has 11 heteroatoms. The maximum Gasteiger partial charge on any atom is 0.322 e. The molecule has 0 radical (unpaired) electrons. The number of carbonyl (C=O) groups excluding carboxylic acids is 2. The number of nitrogens with one attached hydrogen (secondary N) is 1. The molecule has 2 heterocycles. The Kier molecular flexibility index (Phi) is 11.0. The SMILES string of the molecule is N#Cc1ccc(CNC(=O)N(c2cccc(F)c2)C2CCN(CCC3(c4cccc(F)c4)CCN(C(=O)c4c(F)cccc4F)CC3)CC2)cc1. The van der Waals surface area contributed by atoms with Crippen LogP contribution in [0.3, 0.4) is 0 Å². The highest BCUT2D eigenvalue weighted by atomic mass is 19.1. The number of benzene rings is 4. The molecule has 2 aliphatic heterocycles. The fraction of sp³-hybridized carbons (Fsp3) is 0.325. The molecule has 4 aromatic carbocycles. The Balaban J connectivity index is 1.11. The Morgan fingerprint density at radius 3 is 2.08 bits per heavy atom. The fourth-order valence-corrected chi connectivity index (χ4v) is 7.35. The van der Waals surface area contributed by atoms with Crippen molar-refractivity contribution in [1.29, 1.82) is 5.26 Å². The number of hydrogen-bond acceptors (Lipinski definition) is 4. The molecule has 51 heavy (non-hydrogen) atoms. The summed E-state index contributed by atoms with van der Waals surface area (Å²) in [5.74, 6) is -3.28. The zero-order valence-corrected chi connectivity index (χ0v) is 28.1. The van der Waals surface area contributed by atoms with Crippen LogP contribution in [0.25, 0.3) is 0 Å². The number of anilines is 1. The van der Waals surface area contributed by atoms with Crippen LogP contribution >= 0.6 is 0 Å². The second kappa shape index (κ2) is 15.8. The fourth-order valence-electron chi connectivity index (χ4n) is 7.35. The predicted octanol–water partition coefficient (Wildman–Crippen LogP) is 7.56. The molecule has 2 aliphatic rings. The molecule has 3 amide bonds. The topological polar surface area (TPSA) is 79.7 Å². The van der Waals surface area contributed by atoms with Gasteiger partial charge in [0.1, 0.15) is 28.8 Å². The first-order chi connectivity index (χ1) is 24.7. The van der Waals surface area contributed by atoms with Gasteiger partial charge in [0.05, 0.1) is 11.6 Å². The zero-order valence-electron chi connectivity index (χ0n) is 28.1. The minimum absolute atomic E-state index is 0.186. The highest BCUT2D eigenvalue weighted by molar-refractivity contribution is 5.95. The second-order valence-corrected chi connectivity index (χ2v) is 13.3. The van der Waals surface area contributed by atoms with E-state index in [4.69, 9.17) is 5.26 Å². The average Bonchev–Trinajstić information content (AvgIpc) is 3.14. The summed E-state index contributed by atoms with van der Waals surface area (Å²) in [5.41, 5.74) is 1.64. The molecule has 6 rings (SSSR count). The van der Waals surface area contributed by atoms with Gasteiger partial charge in [-0.3, -0.25) is 9.69 Å². The second-order valence-electron chi connectivity index (χ2n) is 13.3. The molecule has 4 aromatic rings. The maximum absolute atomic E-state index is 14.5. The molecule has 0 aliphatic carbocycles. The lowest BCUT2D eigenvalue weighted by Gasteiger charge is -2.44. The summed E-state index contributed by atoms with van der Waals surface area (Å²) in [4.78, 5) is 32.2. The van der Waals surface area contributed by atoms with Crippen molar-refractivity contribution in [3.8, 4) is 6.07 Å². The van der Waals surface area contributed by atoms with Gasteiger partial charge < -0.3 is 15.1 Å². The number of halogens is 4. The third-order valence-corrected chi connectivity index (χ3v) is 10.3. The van der Waals surface area contributed by atoms with Crippen LogP contribution in [0.1, 0.15) is 59.2 Å². The monoisotopic (exact) mass is 697 g/mol. The number of rotatable bonds is 9. The molecule has 0 unspecified atom stereocenters. The predicted molar refractivity (Wildman–Crippen MR) is 186 cm³/mol. The molecule has 264 valence electrons. The van der Waals surface area contributed by atoms with Gasteiger partial charge in [-0.2, -0.15) is 5.26 Å². The van der Waals surface area contributed by atoms with Crippen LogP contribution in [0.4, 0.5) is 28.0 Å². The summed E-state index contributed by atoms with van der Waals surface area (Å²) in [5, 5.41) is 12.0. The Labute approximate surface area is 295 Å². The summed E-state index contributed by atoms with van der Waals surface area (Å²) in [7, 11) is 0. The van der Waals surface area contributed by atoms with Crippen molar-refractivity contribution in [2.45, 2.75) is 50.1 Å². The highest BCUT2D eigenvalue weighted by Gasteiger charge is 2.39. The molecule has 7 nitrogen and oxygen atoms in total. The summed E-state index contributed by atoms with van der Waals surface area (Å²) >= 11 is 0. The minimum Gasteiger partial charge on any atom is -0.338 e. The molecule has 0 bridgehead atoms. The van der Waals surface area contributed by atoms with Crippen molar-refractivity contribution in [3.63, 3.8) is 0 Å². The van der Waals surface area contributed by atoms with E-state index in [-0.39, 0.29) is 37.5 Å². The van der Waals surface area contributed by atoms with Crippen LogP contribution in [0.15, 0.2) is 91.0 Å². The van der Waals surface area contributed by atoms with E-state index in [2.05, 4.69) is 16.3 Å². The van der Waals surface area contributed by atoms with Crippen LogP contribution in [-0.2, 0) is 12.0 Å². The number of amides is 3. The quantitative estimate of drug-likeness (QED) is 0.183. The Morgan fingerprint density at radius 2 is 1.45 bits per heavy atom. The van der Waals surface area contributed by atoms with Crippen molar-refractivity contribution in [2.75, 3.05) is 37.6 Å². The molecule has 1 N–H and O–H groups in total. The van der Waals surface area contributed by atoms with E-state index >= 15 is 0 Å². The smallest absolute Gasteiger partial charge is 0.322 e. The van der Waals surface area contributed by atoms with Gasteiger partial charge in [0.2, 0.25) is 0 Å². The lowest BCUT2D eigenvalue weighted by atomic mass is 9.70. The molecule has 2 fully saturated rings. The normalized spacial score (nSPS) is 16.3. The molecule has 2 saturated heterocycles. The van der Waals surface area contributed by atoms with E-state index < -0.39 is 34.3 Å². The van der Waals surface area contributed by atoms with Gasteiger partial charge >= 0.3 is 6.03 Å². The molecular formula is C40H39F4N5O2. The number of nitrogens with zero attached hydrogens (tertiary/aromatic N) is 4. The number of urea groups is 1. The maximum atomic E-state index is 14.5. The number of carbonyl (C=O) groups is 2. The van der Waals surface area contributed by atoms with Crippen LogP contribution < -0.4 is 10.2 Å². The van der Waals surface area contributed by atoms with E-state index in [0.29, 0.717) is 63.0 Å². The zero-order chi connectivity index (χ0) is 36.0. The van der Waals surface area contributed by atoms with Crippen molar-refractivity contribution in [2.24, 2.45) is 0 Å². The van der Waals surface area contributed by atoms with Gasteiger partial charge in [-0.1, -0.05) is 36.4 Å². The van der Waals surface area contributed by atoms with Crippen LogP contribution in [0.5, 0.6) is 0 Å². The number of likely N-dealkylation sites (tertiary alicyclic amines) is 2. The molecule has 0 atom stereocenters. The van der Waals surface area contributed by atoms with Gasteiger partial charge in [-0.05, 0) is 110 Å². The third kappa shape index (κ3) is 8.24. The lowest BCUT2D eigenvalue weighted by molar-refractivity contribution is 0.0635. The van der Waals surface area contributed by atoms with Crippen molar-refractivity contribution in [1.82, 2.24) is 15.1 Å². The van der Waals surface area contributed by atoms with Crippen LogP contribution in [-0.4, -0.2) is 60.5 Å². The van der Waals surface area contributed by atoms with Crippen molar-refractivity contribution >= 4 is 17.6 Å². The first-order valence-electron chi connectivity index (χ1n) is 17.2. The number of piperidine rings is 2. The van der Waals surface area contributed by atoms with Gasteiger partial charge in [-0.15, -0.1) is 0 Å². The summed E-state index contributed by atoms with van der Waals surface area (Å²) in [6.07, 6.45) is 2.97. The molecule has 0 saturated carbocycles. The van der Waals surface area contributed by atoms with Gasteiger partial charge in [0.25, 0.3) is 5.91 Å². The van der Waals surface area contributed by atoms with E-state index in [1.165, 1.54) is 35.2 Å². The van der Waals surface area contributed by atoms with E-state index in [9.17, 15) is 27.2 Å². The summed E-state index contributed by atoms with van der Waals surface area (Å²) in [6, 6.07) is 24.4. The molecule has 0 aromatic heterocycles. The van der Waals surface area contributed by atoms with Crippen LogP contribution in [0, 0.1) is 34.6 Å². The van der Waals surface area contributed by atoms with Gasteiger partial charge in [0, 0.05) is 44.5 Å². The van der Waals surface area contributed by atoms with E-state index in [1.807, 2.05) is 6.07 Å². The van der Waals surface area contributed by atoms with Gasteiger partial charge in [0.15, 0.2) is 0 Å². The Morgan fingerprint density at radius 1 is 0.824 bits per heavy atom. The number of nitriles is 1. The molecular weight excluding hydrogens is 658 g/mol. The first-order valence-corrected chi connectivity index (χ1v) is 17.2. The van der Waals surface area contributed by atoms with Crippen molar-refractivity contribution < 1.29 is 27.2 Å².